The van der Waals surface area contributed by atoms with Gasteiger partial charge in [-0.25, -0.2) is 9.97 Å². The van der Waals surface area contributed by atoms with Crippen LogP contribution in [-0.2, 0) is 0 Å². The first kappa shape index (κ1) is 7.42. The summed E-state index contributed by atoms with van der Waals surface area (Å²) in [5, 5.41) is 0. The van der Waals surface area contributed by atoms with E-state index in [1.807, 2.05) is 0 Å². The molecule has 60 valence electrons. The van der Waals surface area contributed by atoms with Gasteiger partial charge in [0.15, 0.2) is 4.67 Å². The Bertz CT molecular complexity index is 373. The minimum absolute atomic E-state index is 0.468. The van der Waals surface area contributed by atoms with Gasteiger partial charge in [-0.05, 0) is 15.9 Å². The molecule has 0 fully saturated rings. The molecule has 0 atom stereocenters. The third-order valence-electron chi connectivity index (χ3n) is 1.26. The zero-order valence-electron chi connectivity index (χ0n) is 5.94. The molecular weight excluding hydrogens is 222 g/mol. The number of oxazole rings is 1. The van der Waals surface area contributed by atoms with Crippen LogP contribution in [0.4, 0.5) is 0 Å². The van der Waals surface area contributed by atoms with Gasteiger partial charge in [0.2, 0.25) is 5.89 Å². The first-order valence-electron chi connectivity index (χ1n) is 3.24. The predicted octanol–water partition coefficient (Wildman–Crippen LogP) is 1.89. The van der Waals surface area contributed by atoms with Crippen LogP contribution in [0.25, 0.3) is 11.6 Å². The molecule has 0 unspecified atom stereocenters. The maximum Gasteiger partial charge on any atom is 0.247 e. The molecule has 0 saturated heterocycles. The lowest BCUT2D eigenvalue weighted by Crippen LogP contribution is -1.82. The minimum Gasteiger partial charge on any atom is -0.428 e. The van der Waals surface area contributed by atoms with Crippen molar-refractivity contribution in [1.82, 2.24) is 15.0 Å². The van der Waals surface area contributed by atoms with Crippen molar-refractivity contribution < 1.29 is 4.42 Å². The lowest BCUT2D eigenvalue weighted by atomic mass is 10.4. The van der Waals surface area contributed by atoms with E-state index in [-0.39, 0.29) is 0 Å². The Morgan fingerprint density at radius 1 is 1.17 bits per heavy atom. The summed E-state index contributed by atoms with van der Waals surface area (Å²) in [6.07, 6.45) is 6.36. The van der Waals surface area contributed by atoms with E-state index in [1.54, 1.807) is 24.8 Å². The van der Waals surface area contributed by atoms with Crippen molar-refractivity contribution in [2.75, 3.05) is 0 Å². The summed E-state index contributed by atoms with van der Waals surface area (Å²) in [5.74, 6) is 0.468. The average Bonchev–Trinajstić information content (AvgIpc) is 2.54. The van der Waals surface area contributed by atoms with Crippen molar-refractivity contribution >= 4 is 15.9 Å². The van der Waals surface area contributed by atoms with Gasteiger partial charge in [0, 0.05) is 12.4 Å². The van der Waals surface area contributed by atoms with Crippen molar-refractivity contribution in [3.63, 3.8) is 0 Å². The van der Waals surface area contributed by atoms with E-state index in [4.69, 9.17) is 4.42 Å². The van der Waals surface area contributed by atoms with Gasteiger partial charge in [0.25, 0.3) is 0 Å². The number of nitrogens with zero attached hydrogens (tertiary/aromatic N) is 3. The lowest BCUT2D eigenvalue weighted by molar-refractivity contribution is 0.547. The van der Waals surface area contributed by atoms with Gasteiger partial charge in [0.05, 0.1) is 12.4 Å². The predicted molar refractivity (Wildman–Crippen MR) is 45.2 cm³/mol. The summed E-state index contributed by atoms with van der Waals surface area (Å²) in [7, 11) is 0. The summed E-state index contributed by atoms with van der Waals surface area (Å²) in [4.78, 5) is 11.9. The van der Waals surface area contributed by atoms with Crippen molar-refractivity contribution in [3.8, 4) is 11.6 Å². The Morgan fingerprint density at radius 3 is 2.67 bits per heavy atom. The fourth-order valence-corrected chi connectivity index (χ4v) is 1.04. The van der Waals surface area contributed by atoms with Crippen LogP contribution in [0.1, 0.15) is 0 Å². The zero-order chi connectivity index (χ0) is 8.39. The van der Waals surface area contributed by atoms with Crippen LogP contribution in [0.5, 0.6) is 0 Å². The van der Waals surface area contributed by atoms with Crippen molar-refractivity contribution in [3.05, 3.63) is 29.5 Å². The highest BCUT2D eigenvalue weighted by atomic mass is 79.9. The van der Waals surface area contributed by atoms with Gasteiger partial charge in [-0.15, -0.1) is 0 Å². The van der Waals surface area contributed by atoms with Gasteiger partial charge in [0.1, 0.15) is 5.69 Å². The van der Waals surface area contributed by atoms with Gasteiger partial charge >= 0.3 is 0 Å². The van der Waals surface area contributed by atoms with Gasteiger partial charge in [-0.2, -0.15) is 0 Å². The fraction of sp³-hybridized carbons (Fsp3) is 0. The van der Waals surface area contributed by atoms with Crippen LogP contribution in [0, 0.1) is 0 Å². The molecule has 12 heavy (non-hydrogen) atoms. The van der Waals surface area contributed by atoms with Crippen molar-refractivity contribution in [2.24, 2.45) is 0 Å². The van der Waals surface area contributed by atoms with E-state index in [2.05, 4.69) is 30.9 Å². The molecule has 0 aliphatic carbocycles. The SMILES string of the molecule is Brc1cnc(-c2cnccn2)o1. The summed E-state index contributed by atoms with van der Waals surface area (Å²) < 4.78 is 5.76. The molecule has 0 aliphatic heterocycles. The first-order chi connectivity index (χ1) is 5.86. The second-order valence-electron chi connectivity index (χ2n) is 2.06. The second-order valence-corrected chi connectivity index (χ2v) is 2.84. The number of hydrogen-bond acceptors (Lipinski definition) is 4. The van der Waals surface area contributed by atoms with Crippen molar-refractivity contribution in [2.45, 2.75) is 0 Å². The van der Waals surface area contributed by atoms with Crippen molar-refractivity contribution in [1.29, 1.82) is 0 Å². The molecule has 0 bridgehead atoms. The zero-order valence-corrected chi connectivity index (χ0v) is 7.52. The smallest absolute Gasteiger partial charge is 0.247 e. The molecule has 2 rings (SSSR count). The maximum absolute atomic E-state index is 5.17. The highest BCUT2D eigenvalue weighted by Gasteiger charge is 2.04. The Labute approximate surface area is 76.8 Å². The highest BCUT2D eigenvalue weighted by molar-refractivity contribution is 9.10. The fourth-order valence-electron chi connectivity index (χ4n) is 0.782. The summed E-state index contributed by atoms with van der Waals surface area (Å²) >= 11 is 3.15. The van der Waals surface area contributed by atoms with Crippen LogP contribution < -0.4 is 0 Å². The molecule has 4 nitrogen and oxygen atoms in total. The third-order valence-corrected chi connectivity index (χ3v) is 1.63. The minimum atomic E-state index is 0.468. The molecule has 0 aliphatic rings. The van der Waals surface area contributed by atoms with Gasteiger partial charge in [-0.1, -0.05) is 0 Å². The number of halogens is 1. The highest BCUT2D eigenvalue weighted by Crippen LogP contribution is 2.18. The first-order valence-corrected chi connectivity index (χ1v) is 4.03. The van der Waals surface area contributed by atoms with Crippen LogP contribution >= 0.6 is 15.9 Å². The van der Waals surface area contributed by atoms with E-state index in [0.717, 1.165) is 0 Å². The van der Waals surface area contributed by atoms with Crippen LogP contribution in [-0.4, -0.2) is 15.0 Å². The summed E-state index contributed by atoms with van der Waals surface area (Å²) in [6.45, 7) is 0. The molecule has 0 spiro atoms. The van der Waals surface area contributed by atoms with Crippen LogP contribution in [0.2, 0.25) is 0 Å². The van der Waals surface area contributed by atoms with Crippen LogP contribution in [0.3, 0.4) is 0 Å². The molecule has 2 aromatic rings. The topological polar surface area (TPSA) is 51.8 Å². The Morgan fingerprint density at radius 2 is 2.08 bits per heavy atom. The number of rotatable bonds is 1. The molecule has 2 aromatic heterocycles. The molecule has 5 heteroatoms. The molecule has 0 saturated carbocycles. The van der Waals surface area contributed by atoms with E-state index in [9.17, 15) is 0 Å². The molecule has 0 aromatic carbocycles. The lowest BCUT2D eigenvalue weighted by Gasteiger charge is -1.89. The summed E-state index contributed by atoms with van der Waals surface area (Å²) in [5.41, 5.74) is 0.628. The molecule has 0 amide bonds. The quantitative estimate of drug-likeness (QED) is 0.744. The second kappa shape index (κ2) is 3.02. The molecular formula is C7H4BrN3O. The Hall–Kier alpha value is -1.23. The summed E-state index contributed by atoms with van der Waals surface area (Å²) in [6, 6.07) is 0. The van der Waals surface area contributed by atoms with E-state index in [1.165, 1.54) is 0 Å². The number of hydrogen-bond donors (Lipinski definition) is 0. The standard InChI is InChI=1S/C7H4BrN3O/c8-6-4-11-7(12-6)5-3-9-1-2-10-5/h1-4H. The monoisotopic (exact) mass is 225 g/mol. The normalized spacial score (nSPS) is 10.1. The Balaban J connectivity index is 2.45. The number of aromatic nitrogens is 3. The van der Waals surface area contributed by atoms with Gasteiger partial charge < -0.3 is 4.42 Å². The van der Waals surface area contributed by atoms with Gasteiger partial charge in [-0.3, -0.25) is 4.98 Å². The van der Waals surface area contributed by atoms with Crippen LogP contribution in [0.15, 0.2) is 33.9 Å². The van der Waals surface area contributed by atoms with E-state index >= 15 is 0 Å². The average molecular weight is 226 g/mol. The maximum atomic E-state index is 5.17. The van der Waals surface area contributed by atoms with E-state index < -0.39 is 0 Å². The largest absolute Gasteiger partial charge is 0.428 e. The molecule has 2 heterocycles. The Kier molecular flexibility index (Phi) is 1.87. The third kappa shape index (κ3) is 1.35. The molecule has 0 N–H and O–H groups in total. The van der Waals surface area contributed by atoms with E-state index in [0.29, 0.717) is 16.3 Å². The molecule has 0 radical (unpaired) electrons.